The first kappa shape index (κ1) is 21.6. The molecule has 0 saturated heterocycles. The molecule has 2 rings (SSSR count). The molecule has 1 atom stereocenters. The van der Waals surface area contributed by atoms with Crippen LogP contribution in [-0.2, 0) is 14.8 Å². The van der Waals surface area contributed by atoms with E-state index in [0.29, 0.717) is 17.7 Å². The van der Waals surface area contributed by atoms with Crippen molar-refractivity contribution in [2.24, 2.45) is 11.7 Å². The lowest BCUT2D eigenvalue weighted by Gasteiger charge is -2.20. The van der Waals surface area contributed by atoms with Gasteiger partial charge >= 0.3 is 0 Å². The number of sulfonamides is 1. The molecule has 0 saturated carbocycles. The molecule has 0 radical (unpaired) electrons. The maximum atomic E-state index is 12.7. The third-order valence-electron chi connectivity index (χ3n) is 4.09. The van der Waals surface area contributed by atoms with E-state index in [1.54, 1.807) is 24.3 Å². The molecule has 0 aliphatic heterocycles. The van der Waals surface area contributed by atoms with Gasteiger partial charge in [0.25, 0.3) is 0 Å². The summed E-state index contributed by atoms with van der Waals surface area (Å²) in [6.45, 7) is 5.67. The minimum atomic E-state index is -3.85. The Morgan fingerprint density at radius 1 is 1.00 bits per heavy atom. The molecule has 0 bridgehead atoms. The lowest BCUT2D eigenvalue weighted by atomic mass is 10.0. The van der Waals surface area contributed by atoms with Crippen molar-refractivity contribution in [1.82, 2.24) is 4.72 Å². The van der Waals surface area contributed by atoms with E-state index in [1.165, 1.54) is 24.3 Å². The first-order chi connectivity index (χ1) is 13.1. The number of anilines is 1. The summed E-state index contributed by atoms with van der Waals surface area (Å²) in [5.41, 5.74) is 6.90. The van der Waals surface area contributed by atoms with E-state index in [4.69, 9.17) is 5.73 Å². The molecule has 2 aromatic rings. The van der Waals surface area contributed by atoms with Gasteiger partial charge in [-0.3, -0.25) is 9.59 Å². The Morgan fingerprint density at radius 2 is 1.57 bits per heavy atom. The molecule has 0 aromatic heterocycles. The molecular weight excluding hydrogens is 378 g/mol. The van der Waals surface area contributed by atoms with Crippen LogP contribution in [-0.4, -0.2) is 26.3 Å². The lowest BCUT2D eigenvalue weighted by molar-refractivity contribution is -0.118. The number of rotatable bonds is 8. The third-order valence-corrected chi connectivity index (χ3v) is 5.58. The molecule has 0 aliphatic carbocycles. The standard InChI is InChI=1S/C20H25N3O4S/c1-13(2)12-18(23-28(26,27)17-10-4-14(3)5-11-17)20(25)22-16-8-6-15(7-9-16)19(21)24/h4-11,13,18,23H,12H2,1-3H3,(H2,21,24)(H,22,25)/t18-/m1/s1. The quantitative estimate of drug-likeness (QED) is 0.627. The number of nitrogens with one attached hydrogen (secondary N) is 2. The van der Waals surface area contributed by atoms with Gasteiger partial charge < -0.3 is 11.1 Å². The second-order valence-electron chi connectivity index (χ2n) is 7.05. The van der Waals surface area contributed by atoms with Gasteiger partial charge in [-0.05, 0) is 55.7 Å². The Hall–Kier alpha value is -2.71. The van der Waals surface area contributed by atoms with E-state index in [0.717, 1.165) is 5.56 Å². The number of hydrogen-bond donors (Lipinski definition) is 3. The number of hydrogen-bond acceptors (Lipinski definition) is 4. The summed E-state index contributed by atoms with van der Waals surface area (Å²) < 4.78 is 27.8. The van der Waals surface area contributed by atoms with Crippen LogP contribution < -0.4 is 15.8 Å². The molecule has 0 heterocycles. The largest absolute Gasteiger partial charge is 0.366 e. The van der Waals surface area contributed by atoms with Gasteiger partial charge in [-0.15, -0.1) is 0 Å². The van der Waals surface area contributed by atoms with E-state index in [-0.39, 0.29) is 10.8 Å². The number of aryl methyl sites for hydroxylation is 1. The van der Waals surface area contributed by atoms with Crippen LogP contribution in [0.25, 0.3) is 0 Å². The number of primary amides is 1. The third kappa shape index (κ3) is 5.90. The number of carbonyl (C=O) groups is 2. The van der Waals surface area contributed by atoms with E-state index >= 15 is 0 Å². The highest BCUT2D eigenvalue weighted by Gasteiger charge is 2.26. The first-order valence-electron chi connectivity index (χ1n) is 8.88. The molecule has 0 unspecified atom stereocenters. The fourth-order valence-corrected chi connectivity index (χ4v) is 3.81. The molecule has 4 N–H and O–H groups in total. The second-order valence-corrected chi connectivity index (χ2v) is 8.76. The van der Waals surface area contributed by atoms with Gasteiger partial charge in [-0.25, -0.2) is 8.42 Å². The molecule has 0 fully saturated rings. The van der Waals surface area contributed by atoms with Gasteiger partial charge in [0.1, 0.15) is 6.04 Å². The SMILES string of the molecule is Cc1ccc(S(=O)(=O)N[C@H](CC(C)C)C(=O)Nc2ccc(C(N)=O)cc2)cc1. The van der Waals surface area contributed by atoms with Crippen LogP contribution in [0.5, 0.6) is 0 Å². The highest BCUT2D eigenvalue weighted by Crippen LogP contribution is 2.15. The minimum Gasteiger partial charge on any atom is -0.366 e. The van der Waals surface area contributed by atoms with Crippen LogP contribution in [0.3, 0.4) is 0 Å². The monoisotopic (exact) mass is 403 g/mol. The van der Waals surface area contributed by atoms with Gasteiger partial charge in [-0.2, -0.15) is 4.72 Å². The van der Waals surface area contributed by atoms with E-state index in [9.17, 15) is 18.0 Å². The topological polar surface area (TPSA) is 118 Å². The predicted octanol–water partition coefficient (Wildman–Crippen LogP) is 2.43. The zero-order valence-corrected chi connectivity index (χ0v) is 16.9. The first-order valence-corrected chi connectivity index (χ1v) is 10.4. The van der Waals surface area contributed by atoms with Gasteiger partial charge in [0.15, 0.2) is 0 Å². The van der Waals surface area contributed by atoms with Crippen molar-refractivity contribution in [2.75, 3.05) is 5.32 Å². The van der Waals surface area contributed by atoms with Gasteiger partial charge in [0, 0.05) is 11.3 Å². The van der Waals surface area contributed by atoms with Gasteiger partial charge in [0.2, 0.25) is 21.8 Å². The fourth-order valence-electron chi connectivity index (χ4n) is 2.60. The smallest absolute Gasteiger partial charge is 0.248 e. The van der Waals surface area contributed by atoms with E-state index in [2.05, 4.69) is 10.0 Å². The van der Waals surface area contributed by atoms with E-state index in [1.807, 2.05) is 20.8 Å². The lowest BCUT2D eigenvalue weighted by Crippen LogP contribution is -2.44. The summed E-state index contributed by atoms with van der Waals surface area (Å²) in [5, 5.41) is 2.68. The Labute approximate surface area is 165 Å². The van der Waals surface area contributed by atoms with Crippen molar-refractivity contribution < 1.29 is 18.0 Å². The van der Waals surface area contributed by atoms with Crippen molar-refractivity contribution >= 4 is 27.5 Å². The predicted molar refractivity (Wildman–Crippen MR) is 108 cm³/mol. The summed E-state index contributed by atoms with van der Waals surface area (Å²) in [7, 11) is -3.85. The Balaban J connectivity index is 2.18. The molecule has 8 heteroatoms. The number of benzene rings is 2. The molecular formula is C20H25N3O4S. The van der Waals surface area contributed by atoms with Crippen molar-refractivity contribution in [1.29, 1.82) is 0 Å². The van der Waals surface area contributed by atoms with Crippen molar-refractivity contribution in [3.8, 4) is 0 Å². The maximum Gasteiger partial charge on any atom is 0.248 e. The van der Waals surface area contributed by atoms with Crippen molar-refractivity contribution in [2.45, 2.75) is 38.1 Å². The number of nitrogens with two attached hydrogens (primary N) is 1. The van der Waals surface area contributed by atoms with Crippen LogP contribution in [0.15, 0.2) is 53.4 Å². The van der Waals surface area contributed by atoms with Crippen LogP contribution in [0, 0.1) is 12.8 Å². The molecule has 7 nitrogen and oxygen atoms in total. The average molecular weight is 404 g/mol. The number of amides is 2. The average Bonchev–Trinajstić information content (AvgIpc) is 2.61. The zero-order valence-electron chi connectivity index (χ0n) is 16.1. The van der Waals surface area contributed by atoms with Crippen LogP contribution >= 0.6 is 0 Å². The Morgan fingerprint density at radius 3 is 2.07 bits per heavy atom. The van der Waals surface area contributed by atoms with Crippen molar-refractivity contribution in [3.63, 3.8) is 0 Å². The molecule has 28 heavy (non-hydrogen) atoms. The summed E-state index contributed by atoms with van der Waals surface area (Å²) in [6.07, 6.45) is 0.330. The summed E-state index contributed by atoms with van der Waals surface area (Å²) in [6, 6.07) is 11.5. The summed E-state index contributed by atoms with van der Waals surface area (Å²) in [4.78, 5) is 23.9. The maximum absolute atomic E-state index is 12.7. The van der Waals surface area contributed by atoms with Crippen LogP contribution in [0.2, 0.25) is 0 Å². The molecule has 2 amide bonds. The molecule has 2 aromatic carbocycles. The van der Waals surface area contributed by atoms with Crippen LogP contribution in [0.4, 0.5) is 5.69 Å². The highest BCUT2D eigenvalue weighted by molar-refractivity contribution is 7.89. The Kier molecular flexibility index (Phi) is 6.93. The Bertz CT molecular complexity index is 936. The minimum absolute atomic E-state index is 0.0914. The van der Waals surface area contributed by atoms with Crippen LogP contribution in [0.1, 0.15) is 36.2 Å². The highest BCUT2D eigenvalue weighted by atomic mass is 32.2. The van der Waals surface area contributed by atoms with Gasteiger partial charge in [0.05, 0.1) is 4.90 Å². The molecule has 0 spiro atoms. The normalized spacial score (nSPS) is 12.6. The molecule has 150 valence electrons. The van der Waals surface area contributed by atoms with Gasteiger partial charge in [-0.1, -0.05) is 31.5 Å². The molecule has 0 aliphatic rings. The summed E-state index contributed by atoms with van der Waals surface area (Å²) >= 11 is 0. The fraction of sp³-hybridized carbons (Fsp3) is 0.300. The second kappa shape index (κ2) is 8.99. The number of carbonyl (C=O) groups excluding carboxylic acids is 2. The van der Waals surface area contributed by atoms with Crippen molar-refractivity contribution in [3.05, 3.63) is 59.7 Å². The summed E-state index contributed by atoms with van der Waals surface area (Å²) in [5.74, 6) is -0.952. The zero-order chi connectivity index (χ0) is 20.9. The van der Waals surface area contributed by atoms with E-state index < -0.39 is 27.9 Å².